The molecular formula is C22H25N3O3. The van der Waals surface area contributed by atoms with Gasteiger partial charge in [0.25, 0.3) is 11.5 Å². The van der Waals surface area contributed by atoms with Crippen molar-refractivity contribution in [2.45, 2.75) is 33.7 Å². The van der Waals surface area contributed by atoms with Crippen LogP contribution in [0.25, 0.3) is 10.8 Å². The number of rotatable bonds is 7. The summed E-state index contributed by atoms with van der Waals surface area (Å²) in [5.74, 6) is 0.462. The SMILES string of the molecule is CCCOc1ccccc1NC(=O)c1nn(CC(C)C)c(=O)c2ccccc12. The third-order valence-corrected chi connectivity index (χ3v) is 4.22. The van der Waals surface area contributed by atoms with Crippen molar-refractivity contribution < 1.29 is 9.53 Å². The van der Waals surface area contributed by atoms with Crippen molar-refractivity contribution in [3.05, 3.63) is 64.6 Å². The van der Waals surface area contributed by atoms with Crippen LogP contribution in [0.5, 0.6) is 5.75 Å². The zero-order chi connectivity index (χ0) is 20.1. The quantitative estimate of drug-likeness (QED) is 0.671. The van der Waals surface area contributed by atoms with Gasteiger partial charge in [0, 0.05) is 11.9 Å². The molecule has 1 heterocycles. The van der Waals surface area contributed by atoms with Crippen molar-refractivity contribution in [1.29, 1.82) is 0 Å². The largest absolute Gasteiger partial charge is 0.491 e. The van der Waals surface area contributed by atoms with E-state index < -0.39 is 0 Å². The lowest BCUT2D eigenvalue weighted by Gasteiger charge is -2.14. The summed E-state index contributed by atoms with van der Waals surface area (Å²) in [6, 6.07) is 14.4. The van der Waals surface area contributed by atoms with Crippen molar-refractivity contribution in [2.75, 3.05) is 11.9 Å². The number of ether oxygens (including phenoxy) is 1. The number of carbonyl (C=O) groups excluding carboxylic acids is 1. The summed E-state index contributed by atoms with van der Waals surface area (Å²) >= 11 is 0. The first-order chi connectivity index (χ1) is 13.5. The third kappa shape index (κ3) is 4.22. The standard InChI is InChI=1S/C22H25N3O3/c1-4-13-28-19-12-8-7-11-18(19)23-21(26)20-16-9-5-6-10-17(16)22(27)25(24-20)14-15(2)3/h5-12,15H,4,13-14H2,1-3H3,(H,23,26). The average molecular weight is 379 g/mol. The van der Waals surface area contributed by atoms with Crippen molar-refractivity contribution in [1.82, 2.24) is 9.78 Å². The van der Waals surface area contributed by atoms with E-state index in [2.05, 4.69) is 10.4 Å². The van der Waals surface area contributed by atoms with Crippen LogP contribution in [0.3, 0.4) is 0 Å². The smallest absolute Gasteiger partial charge is 0.276 e. The highest BCUT2D eigenvalue weighted by molar-refractivity contribution is 6.11. The van der Waals surface area contributed by atoms with Crippen LogP contribution in [0, 0.1) is 5.92 Å². The number of aromatic nitrogens is 2. The molecule has 0 aliphatic rings. The van der Waals surface area contributed by atoms with Crippen LogP contribution in [-0.2, 0) is 6.54 Å². The molecule has 0 unspecified atom stereocenters. The number of benzene rings is 2. The summed E-state index contributed by atoms with van der Waals surface area (Å²) in [6.07, 6.45) is 0.870. The molecule has 0 aliphatic carbocycles. The molecule has 2 aromatic carbocycles. The van der Waals surface area contributed by atoms with Gasteiger partial charge in [-0.3, -0.25) is 9.59 Å². The molecule has 0 atom stereocenters. The molecule has 0 bridgehead atoms. The minimum absolute atomic E-state index is 0.187. The average Bonchev–Trinajstić information content (AvgIpc) is 2.69. The highest BCUT2D eigenvalue weighted by Crippen LogP contribution is 2.25. The Labute approximate surface area is 164 Å². The maximum atomic E-state index is 13.1. The highest BCUT2D eigenvalue weighted by Gasteiger charge is 2.18. The van der Waals surface area contributed by atoms with Crippen LogP contribution in [0.2, 0.25) is 0 Å². The summed E-state index contributed by atoms with van der Waals surface area (Å²) in [4.78, 5) is 25.8. The lowest BCUT2D eigenvalue weighted by atomic mass is 10.1. The fourth-order valence-electron chi connectivity index (χ4n) is 2.96. The summed E-state index contributed by atoms with van der Waals surface area (Å²) in [5, 5.41) is 8.29. The van der Waals surface area contributed by atoms with Gasteiger partial charge in [0.05, 0.1) is 17.7 Å². The second kappa shape index (κ2) is 8.69. The molecule has 6 nitrogen and oxygen atoms in total. The molecule has 6 heteroatoms. The first-order valence-corrected chi connectivity index (χ1v) is 9.54. The zero-order valence-corrected chi connectivity index (χ0v) is 16.4. The van der Waals surface area contributed by atoms with E-state index in [4.69, 9.17) is 4.74 Å². The molecule has 1 aromatic heterocycles. The van der Waals surface area contributed by atoms with Gasteiger partial charge in [-0.2, -0.15) is 5.10 Å². The molecule has 1 N–H and O–H groups in total. The monoisotopic (exact) mass is 379 g/mol. The number of carbonyl (C=O) groups is 1. The van der Waals surface area contributed by atoms with Gasteiger partial charge in [0.1, 0.15) is 5.75 Å². The van der Waals surface area contributed by atoms with Gasteiger partial charge in [-0.15, -0.1) is 0 Å². The highest BCUT2D eigenvalue weighted by atomic mass is 16.5. The Kier molecular flexibility index (Phi) is 6.09. The van der Waals surface area contributed by atoms with Crippen LogP contribution < -0.4 is 15.6 Å². The van der Waals surface area contributed by atoms with Crippen LogP contribution in [-0.4, -0.2) is 22.3 Å². The van der Waals surface area contributed by atoms with E-state index >= 15 is 0 Å². The van der Waals surface area contributed by atoms with E-state index in [1.165, 1.54) is 4.68 Å². The van der Waals surface area contributed by atoms with E-state index in [9.17, 15) is 9.59 Å². The molecule has 0 spiro atoms. The van der Waals surface area contributed by atoms with Gasteiger partial charge in [0.15, 0.2) is 5.69 Å². The molecule has 3 rings (SSSR count). The summed E-state index contributed by atoms with van der Waals surface area (Å²) in [5.41, 5.74) is 0.613. The van der Waals surface area contributed by atoms with Crippen molar-refractivity contribution >= 4 is 22.4 Å². The van der Waals surface area contributed by atoms with E-state index in [0.717, 1.165) is 6.42 Å². The van der Waals surface area contributed by atoms with Crippen LogP contribution in [0.1, 0.15) is 37.7 Å². The number of fused-ring (bicyclic) bond motifs is 1. The molecule has 146 valence electrons. The maximum absolute atomic E-state index is 13.1. The Balaban J connectivity index is 2.02. The molecule has 0 radical (unpaired) electrons. The van der Waals surface area contributed by atoms with E-state index in [0.29, 0.717) is 35.4 Å². The molecule has 1 amide bonds. The number of para-hydroxylation sites is 2. The number of nitrogens with one attached hydrogen (secondary N) is 1. The summed E-state index contributed by atoms with van der Waals surface area (Å²) < 4.78 is 7.09. The van der Waals surface area contributed by atoms with Crippen LogP contribution >= 0.6 is 0 Å². The predicted molar refractivity (Wildman–Crippen MR) is 111 cm³/mol. The van der Waals surface area contributed by atoms with E-state index in [1.807, 2.05) is 39.0 Å². The van der Waals surface area contributed by atoms with Crippen molar-refractivity contribution in [3.63, 3.8) is 0 Å². The van der Waals surface area contributed by atoms with Gasteiger partial charge in [-0.05, 0) is 30.5 Å². The van der Waals surface area contributed by atoms with Gasteiger partial charge < -0.3 is 10.1 Å². The predicted octanol–water partition coefficient (Wildman–Crippen LogP) is 4.09. The lowest BCUT2D eigenvalue weighted by Crippen LogP contribution is -2.29. The zero-order valence-electron chi connectivity index (χ0n) is 16.4. The fourth-order valence-corrected chi connectivity index (χ4v) is 2.96. The molecule has 0 saturated carbocycles. The molecule has 0 aliphatic heterocycles. The molecular weight excluding hydrogens is 354 g/mol. The third-order valence-electron chi connectivity index (χ3n) is 4.22. The van der Waals surface area contributed by atoms with E-state index in [1.54, 1.807) is 30.3 Å². The van der Waals surface area contributed by atoms with Crippen LogP contribution in [0.15, 0.2) is 53.3 Å². The normalized spacial score (nSPS) is 11.0. The number of amides is 1. The molecule has 3 aromatic rings. The topological polar surface area (TPSA) is 73.2 Å². The Bertz CT molecular complexity index is 1040. The van der Waals surface area contributed by atoms with Crippen molar-refractivity contribution in [2.24, 2.45) is 5.92 Å². The number of hydrogen-bond donors (Lipinski definition) is 1. The van der Waals surface area contributed by atoms with Gasteiger partial charge in [0.2, 0.25) is 0 Å². The Morgan fingerprint density at radius 2 is 1.79 bits per heavy atom. The Morgan fingerprint density at radius 1 is 1.11 bits per heavy atom. The summed E-state index contributed by atoms with van der Waals surface area (Å²) in [6.45, 7) is 7.04. The van der Waals surface area contributed by atoms with Crippen molar-refractivity contribution in [3.8, 4) is 5.75 Å². The number of hydrogen-bond acceptors (Lipinski definition) is 4. The van der Waals surface area contributed by atoms with Gasteiger partial charge >= 0.3 is 0 Å². The fraction of sp³-hybridized carbons (Fsp3) is 0.318. The van der Waals surface area contributed by atoms with Gasteiger partial charge in [-0.25, -0.2) is 4.68 Å². The second-order valence-corrected chi connectivity index (χ2v) is 7.07. The molecule has 0 fully saturated rings. The van der Waals surface area contributed by atoms with Gasteiger partial charge in [-0.1, -0.05) is 51.1 Å². The Morgan fingerprint density at radius 3 is 2.50 bits per heavy atom. The minimum Gasteiger partial charge on any atom is -0.491 e. The lowest BCUT2D eigenvalue weighted by molar-refractivity contribution is 0.102. The second-order valence-electron chi connectivity index (χ2n) is 7.07. The Hall–Kier alpha value is -3.15. The molecule has 0 saturated heterocycles. The van der Waals surface area contributed by atoms with E-state index in [-0.39, 0.29) is 23.1 Å². The first-order valence-electron chi connectivity index (χ1n) is 9.54. The summed E-state index contributed by atoms with van der Waals surface area (Å²) in [7, 11) is 0. The number of anilines is 1. The number of nitrogens with zero attached hydrogens (tertiary/aromatic N) is 2. The maximum Gasteiger partial charge on any atom is 0.276 e. The molecule has 28 heavy (non-hydrogen) atoms. The minimum atomic E-state index is -0.374. The van der Waals surface area contributed by atoms with Crippen LogP contribution in [0.4, 0.5) is 5.69 Å². The first kappa shape index (κ1) is 19.6.